The molecule has 2 fully saturated rings. The van der Waals surface area contributed by atoms with Gasteiger partial charge in [0.05, 0.1) is 0 Å². The first-order chi connectivity index (χ1) is 13.2. The summed E-state index contributed by atoms with van der Waals surface area (Å²) in [6.45, 7) is 17.5. The third-order valence-electron chi connectivity index (χ3n) is 5.65. The maximum atomic E-state index is 4.57. The smallest absolute Gasteiger partial charge is 0.222 e. The lowest BCUT2D eigenvalue weighted by molar-refractivity contribution is 0.131. The van der Waals surface area contributed by atoms with Crippen molar-refractivity contribution in [1.29, 1.82) is 0 Å². The second-order valence-corrected chi connectivity index (χ2v) is 7.70. The standard InChI is InChI=1S/C19H34N6.C2H6/c1-4-16-10-18(15-23(3)13-16)22-19-20-11-17(12-21-19)14-25-8-6-24(5-2)7-9-25;1-2/h11-12,16,18H,4-10,13-15H2,1-3H3,(H,20,21,22);1-2H3. The average molecular weight is 377 g/mol. The molecule has 1 aromatic heterocycles. The molecule has 2 saturated heterocycles. The minimum absolute atomic E-state index is 0.455. The zero-order valence-corrected chi connectivity index (χ0v) is 18.1. The Morgan fingerprint density at radius 1 is 1.00 bits per heavy atom. The molecule has 0 aliphatic carbocycles. The number of hydrogen-bond donors (Lipinski definition) is 1. The molecule has 2 atom stereocenters. The third-order valence-corrected chi connectivity index (χ3v) is 5.65. The molecule has 3 rings (SSSR count). The molecule has 0 radical (unpaired) electrons. The summed E-state index contributed by atoms with van der Waals surface area (Å²) in [5, 5.41) is 3.54. The molecular formula is C21H40N6. The van der Waals surface area contributed by atoms with Gasteiger partial charge in [-0.05, 0) is 25.9 Å². The van der Waals surface area contributed by atoms with Crippen LogP contribution < -0.4 is 5.32 Å². The number of hydrogen-bond acceptors (Lipinski definition) is 6. The van der Waals surface area contributed by atoms with Crippen molar-refractivity contribution in [3.63, 3.8) is 0 Å². The van der Waals surface area contributed by atoms with Gasteiger partial charge in [0.25, 0.3) is 0 Å². The van der Waals surface area contributed by atoms with E-state index in [2.05, 4.69) is 50.9 Å². The van der Waals surface area contributed by atoms with Gasteiger partial charge in [0.15, 0.2) is 0 Å². The van der Waals surface area contributed by atoms with Crippen molar-refractivity contribution in [2.24, 2.45) is 5.92 Å². The van der Waals surface area contributed by atoms with E-state index in [1.54, 1.807) is 0 Å². The Hall–Kier alpha value is -1.24. The van der Waals surface area contributed by atoms with Crippen LogP contribution in [-0.2, 0) is 6.54 Å². The monoisotopic (exact) mass is 376 g/mol. The van der Waals surface area contributed by atoms with Gasteiger partial charge in [-0.1, -0.05) is 34.1 Å². The number of rotatable bonds is 6. The summed E-state index contributed by atoms with van der Waals surface area (Å²) in [6.07, 6.45) is 6.44. The van der Waals surface area contributed by atoms with Crippen molar-refractivity contribution in [2.45, 2.75) is 53.1 Å². The SMILES string of the molecule is CC.CCC1CC(Nc2ncc(CN3CCN(CC)CC3)cn2)CN(C)C1. The van der Waals surface area contributed by atoms with Gasteiger partial charge in [-0.2, -0.15) is 0 Å². The Balaban J connectivity index is 0.00000126. The topological polar surface area (TPSA) is 47.5 Å². The van der Waals surface area contributed by atoms with Gasteiger partial charge in [-0.25, -0.2) is 9.97 Å². The summed E-state index contributed by atoms with van der Waals surface area (Å²) in [5.74, 6) is 1.55. The molecule has 0 bridgehead atoms. The largest absolute Gasteiger partial charge is 0.350 e. The number of piperazine rings is 1. The summed E-state index contributed by atoms with van der Waals surface area (Å²) >= 11 is 0. The fourth-order valence-electron chi connectivity index (χ4n) is 4.06. The average Bonchev–Trinajstić information content (AvgIpc) is 2.71. The molecule has 2 unspecified atom stereocenters. The lowest BCUT2D eigenvalue weighted by Gasteiger charge is -2.35. The van der Waals surface area contributed by atoms with Crippen molar-refractivity contribution < 1.29 is 0 Å². The van der Waals surface area contributed by atoms with E-state index >= 15 is 0 Å². The first-order valence-electron chi connectivity index (χ1n) is 10.9. The minimum atomic E-state index is 0.455. The Labute approximate surface area is 166 Å². The lowest BCUT2D eigenvalue weighted by Crippen LogP contribution is -2.45. The third kappa shape index (κ3) is 7.01. The zero-order valence-electron chi connectivity index (χ0n) is 18.1. The number of piperidine rings is 1. The van der Waals surface area contributed by atoms with E-state index in [0.29, 0.717) is 6.04 Å². The zero-order chi connectivity index (χ0) is 19.6. The molecule has 1 aromatic rings. The Morgan fingerprint density at radius 3 is 2.22 bits per heavy atom. The summed E-state index contributed by atoms with van der Waals surface area (Å²) in [4.78, 5) is 16.6. The molecule has 1 N–H and O–H groups in total. The van der Waals surface area contributed by atoms with Crippen LogP contribution in [0.1, 0.15) is 46.1 Å². The predicted molar refractivity (Wildman–Crippen MR) is 114 cm³/mol. The fraction of sp³-hybridized carbons (Fsp3) is 0.810. The van der Waals surface area contributed by atoms with Crippen molar-refractivity contribution in [3.8, 4) is 0 Å². The van der Waals surface area contributed by atoms with Crippen LogP contribution in [-0.4, -0.2) is 83.6 Å². The van der Waals surface area contributed by atoms with E-state index in [0.717, 1.165) is 44.6 Å². The van der Waals surface area contributed by atoms with Crippen LogP contribution in [0.4, 0.5) is 5.95 Å². The van der Waals surface area contributed by atoms with E-state index in [1.807, 2.05) is 26.2 Å². The summed E-state index contributed by atoms with van der Waals surface area (Å²) in [7, 11) is 2.21. The van der Waals surface area contributed by atoms with Gasteiger partial charge in [-0.15, -0.1) is 0 Å². The number of aromatic nitrogens is 2. The van der Waals surface area contributed by atoms with Crippen LogP contribution in [0.3, 0.4) is 0 Å². The van der Waals surface area contributed by atoms with Crippen molar-refractivity contribution in [1.82, 2.24) is 24.7 Å². The van der Waals surface area contributed by atoms with Gasteiger partial charge in [0.1, 0.15) is 0 Å². The number of likely N-dealkylation sites (tertiary alicyclic amines) is 1. The molecule has 154 valence electrons. The number of likely N-dealkylation sites (N-methyl/N-ethyl adjacent to an activating group) is 2. The lowest BCUT2D eigenvalue weighted by atomic mass is 9.92. The highest BCUT2D eigenvalue weighted by atomic mass is 15.3. The van der Waals surface area contributed by atoms with Gasteiger partial charge in [-0.3, -0.25) is 4.90 Å². The maximum Gasteiger partial charge on any atom is 0.222 e. The first-order valence-corrected chi connectivity index (χ1v) is 10.9. The van der Waals surface area contributed by atoms with E-state index in [4.69, 9.17) is 0 Å². The summed E-state index contributed by atoms with van der Waals surface area (Å²) in [5.41, 5.74) is 1.21. The van der Waals surface area contributed by atoms with Crippen molar-refractivity contribution >= 4 is 5.95 Å². The van der Waals surface area contributed by atoms with Crippen molar-refractivity contribution in [3.05, 3.63) is 18.0 Å². The molecule has 2 aliphatic rings. The second kappa shape index (κ2) is 11.6. The second-order valence-electron chi connectivity index (χ2n) is 7.70. The van der Waals surface area contributed by atoms with Crippen LogP contribution >= 0.6 is 0 Å². The van der Waals surface area contributed by atoms with Crippen LogP contribution in [0.2, 0.25) is 0 Å². The quantitative estimate of drug-likeness (QED) is 0.824. The molecule has 6 heteroatoms. The van der Waals surface area contributed by atoms with Crippen molar-refractivity contribution in [2.75, 3.05) is 58.2 Å². The molecule has 0 saturated carbocycles. The molecular weight excluding hydrogens is 336 g/mol. The normalized spacial score (nSPS) is 24.9. The summed E-state index contributed by atoms with van der Waals surface area (Å²) in [6, 6.07) is 0.455. The highest BCUT2D eigenvalue weighted by molar-refractivity contribution is 5.27. The van der Waals surface area contributed by atoms with Crippen LogP contribution in [0, 0.1) is 5.92 Å². The van der Waals surface area contributed by atoms with E-state index in [-0.39, 0.29) is 0 Å². The van der Waals surface area contributed by atoms with Crippen LogP contribution in [0.25, 0.3) is 0 Å². The van der Waals surface area contributed by atoms with Gasteiger partial charge in [0.2, 0.25) is 5.95 Å². The molecule has 0 aromatic carbocycles. The Morgan fingerprint density at radius 2 is 1.63 bits per heavy atom. The van der Waals surface area contributed by atoms with E-state index in [9.17, 15) is 0 Å². The molecule has 0 spiro atoms. The molecule has 2 aliphatic heterocycles. The van der Waals surface area contributed by atoms with E-state index in [1.165, 1.54) is 38.0 Å². The van der Waals surface area contributed by atoms with E-state index < -0.39 is 0 Å². The highest BCUT2D eigenvalue weighted by Crippen LogP contribution is 2.20. The van der Waals surface area contributed by atoms with Crippen LogP contribution in [0.5, 0.6) is 0 Å². The first kappa shape index (κ1) is 22.1. The maximum absolute atomic E-state index is 4.57. The van der Waals surface area contributed by atoms with Gasteiger partial charge >= 0.3 is 0 Å². The number of nitrogens with one attached hydrogen (secondary N) is 1. The Kier molecular flexibility index (Phi) is 9.45. The molecule has 3 heterocycles. The fourth-order valence-corrected chi connectivity index (χ4v) is 4.06. The Bertz CT molecular complexity index is 512. The number of anilines is 1. The summed E-state index contributed by atoms with van der Waals surface area (Å²) < 4.78 is 0. The predicted octanol–water partition coefficient (Wildman–Crippen LogP) is 2.78. The van der Waals surface area contributed by atoms with Gasteiger partial charge < -0.3 is 15.1 Å². The highest BCUT2D eigenvalue weighted by Gasteiger charge is 2.24. The minimum Gasteiger partial charge on any atom is -0.350 e. The van der Waals surface area contributed by atoms with Gasteiger partial charge in [0, 0.05) is 69.8 Å². The van der Waals surface area contributed by atoms with Crippen LogP contribution in [0.15, 0.2) is 12.4 Å². The molecule has 0 amide bonds. The number of nitrogens with zero attached hydrogens (tertiary/aromatic N) is 5. The molecule has 6 nitrogen and oxygen atoms in total. The molecule has 27 heavy (non-hydrogen) atoms.